The summed E-state index contributed by atoms with van der Waals surface area (Å²) in [6, 6.07) is 7.02. The SMILES string of the molecule is C=C1CC2(C)CCC1([Si](C)(C)C)N2NS(=O)(=O)c1ccc(C)cc1. The summed E-state index contributed by atoms with van der Waals surface area (Å²) in [6.07, 6.45) is 2.87. The van der Waals surface area contributed by atoms with E-state index in [1.807, 2.05) is 19.1 Å². The minimum absolute atomic E-state index is 0.171. The summed E-state index contributed by atoms with van der Waals surface area (Å²) in [6.45, 7) is 15.4. The van der Waals surface area contributed by atoms with Crippen molar-refractivity contribution in [2.24, 2.45) is 0 Å². The van der Waals surface area contributed by atoms with Gasteiger partial charge in [0.15, 0.2) is 0 Å². The first-order valence-electron chi connectivity index (χ1n) is 8.50. The fraction of sp³-hybridized carbons (Fsp3) is 0.556. The van der Waals surface area contributed by atoms with Crippen molar-refractivity contribution in [1.82, 2.24) is 9.84 Å². The molecule has 0 aromatic heterocycles. The molecular weight excluding hydrogens is 336 g/mol. The number of benzene rings is 1. The van der Waals surface area contributed by atoms with Crippen molar-refractivity contribution >= 4 is 18.1 Å². The third kappa shape index (κ3) is 2.43. The van der Waals surface area contributed by atoms with Gasteiger partial charge in [-0.15, -0.1) is 4.83 Å². The third-order valence-electron chi connectivity index (χ3n) is 5.91. The largest absolute Gasteiger partial charge is 0.253 e. The average molecular weight is 365 g/mol. The third-order valence-corrected chi connectivity index (χ3v) is 10.5. The Balaban J connectivity index is 2.02. The van der Waals surface area contributed by atoms with Crippen LogP contribution in [0.1, 0.15) is 31.7 Å². The van der Waals surface area contributed by atoms with E-state index in [4.69, 9.17) is 0 Å². The lowest BCUT2D eigenvalue weighted by atomic mass is 9.87. The molecule has 0 spiro atoms. The van der Waals surface area contributed by atoms with Crippen molar-refractivity contribution in [3.05, 3.63) is 42.0 Å². The van der Waals surface area contributed by atoms with E-state index in [-0.39, 0.29) is 10.7 Å². The summed E-state index contributed by atoms with van der Waals surface area (Å²) in [5.74, 6) is 0. The van der Waals surface area contributed by atoms with Crippen molar-refractivity contribution in [2.45, 2.75) is 68.3 Å². The molecule has 2 unspecified atom stereocenters. The minimum atomic E-state index is -3.59. The smallest absolute Gasteiger partial charge is 0.217 e. The number of nitrogens with zero attached hydrogens (tertiary/aromatic N) is 1. The number of fused-ring (bicyclic) bond motifs is 2. The van der Waals surface area contributed by atoms with Gasteiger partial charge in [-0.1, -0.05) is 49.5 Å². The van der Waals surface area contributed by atoms with Crippen LogP contribution in [0.3, 0.4) is 0 Å². The Hall–Kier alpha value is -0.953. The first kappa shape index (κ1) is 17.9. The molecule has 1 aromatic rings. The molecule has 3 rings (SSSR count). The van der Waals surface area contributed by atoms with Gasteiger partial charge < -0.3 is 0 Å². The summed E-state index contributed by atoms with van der Waals surface area (Å²) in [4.78, 5) is 3.27. The van der Waals surface area contributed by atoms with Gasteiger partial charge in [0.05, 0.1) is 13.0 Å². The number of hydrazine groups is 1. The molecule has 0 radical (unpaired) electrons. The van der Waals surface area contributed by atoms with Gasteiger partial charge >= 0.3 is 0 Å². The maximum absolute atomic E-state index is 13.0. The molecule has 1 aromatic carbocycles. The molecule has 6 heteroatoms. The highest BCUT2D eigenvalue weighted by atomic mass is 32.2. The predicted octanol–water partition coefficient (Wildman–Crippen LogP) is 3.62. The van der Waals surface area contributed by atoms with Gasteiger partial charge in [-0.3, -0.25) is 0 Å². The Kier molecular flexibility index (Phi) is 3.92. The topological polar surface area (TPSA) is 49.4 Å². The summed E-state index contributed by atoms with van der Waals surface area (Å²) < 4.78 is 25.9. The summed E-state index contributed by atoms with van der Waals surface area (Å²) in [5, 5.41) is 1.86. The van der Waals surface area contributed by atoms with Crippen LogP contribution in [0.15, 0.2) is 41.3 Å². The fourth-order valence-corrected chi connectivity index (χ4v) is 8.88. The number of sulfonamides is 1. The Morgan fingerprint density at radius 1 is 1.17 bits per heavy atom. The van der Waals surface area contributed by atoms with Crippen LogP contribution in [-0.2, 0) is 10.0 Å². The maximum Gasteiger partial charge on any atom is 0.253 e. The van der Waals surface area contributed by atoms with E-state index in [9.17, 15) is 8.42 Å². The van der Waals surface area contributed by atoms with E-state index in [0.29, 0.717) is 4.90 Å². The van der Waals surface area contributed by atoms with Crippen molar-refractivity contribution < 1.29 is 8.42 Å². The highest BCUT2D eigenvalue weighted by Crippen LogP contribution is 2.58. The molecule has 0 amide bonds. The molecular formula is C18H28N2O2SSi. The summed E-state index contributed by atoms with van der Waals surface area (Å²) in [7, 11) is -5.31. The second-order valence-electron chi connectivity index (χ2n) is 8.63. The minimum Gasteiger partial charge on any atom is -0.217 e. The van der Waals surface area contributed by atoms with Gasteiger partial charge in [-0.2, -0.15) is 0 Å². The molecule has 0 aliphatic carbocycles. The highest BCUT2D eigenvalue weighted by molar-refractivity contribution is 7.89. The Bertz CT molecular complexity index is 782. The average Bonchev–Trinajstić information content (AvgIpc) is 2.83. The van der Waals surface area contributed by atoms with Crippen LogP contribution in [0.4, 0.5) is 0 Å². The van der Waals surface area contributed by atoms with E-state index < -0.39 is 18.1 Å². The normalized spacial score (nSPS) is 31.0. The summed E-state index contributed by atoms with van der Waals surface area (Å²) >= 11 is 0. The van der Waals surface area contributed by atoms with Crippen molar-refractivity contribution in [3.8, 4) is 0 Å². The van der Waals surface area contributed by atoms with Gasteiger partial charge in [-0.25, -0.2) is 13.4 Å². The van der Waals surface area contributed by atoms with Gasteiger partial charge in [0, 0.05) is 10.7 Å². The maximum atomic E-state index is 13.0. The lowest BCUT2D eigenvalue weighted by Crippen LogP contribution is -2.65. The van der Waals surface area contributed by atoms with Gasteiger partial charge in [0.2, 0.25) is 0 Å². The van der Waals surface area contributed by atoms with E-state index in [1.54, 1.807) is 12.1 Å². The van der Waals surface area contributed by atoms with Gasteiger partial charge in [0.25, 0.3) is 10.0 Å². The molecule has 132 valence electrons. The molecule has 2 aliphatic heterocycles. The zero-order valence-electron chi connectivity index (χ0n) is 15.3. The molecule has 24 heavy (non-hydrogen) atoms. The molecule has 2 fully saturated rings. The van der Waals surface area contributed by atoms with Gasteiger partial charge in [0.1, 0.15) is 0 Å². The molecule has 2 bridgehead atoms. The monoisotopic (exact) mass is 364 g/mol. The van der Waals surface area contributed by atoms with Crippen LogP contribution in [0.25, 0.3) is 0 Å². The lowest BCUT2D eigenvalue weighted by Gasteiger charge is -2.45. The van der Waals surface area contributed by atoms with Gasteiger partial charge in [-0.05, 0) is 45.2 Å². The van der Waals surface area contributed by atoms with Crippen molar-refractivity contribution in [2.75, 3.05) is 0 Å². The number of aryl methyl sites for hydroxylation is 1. The molecule has 2 saturated heterocycles. The molecule has 4 nitrogen and oxygen atoms in total. The Morgan fingerprint density at radius 3 is 2.25 bits per heavy atom. The molecule has 2 heterocycles. The van der Waals surface area contributed by atoms with Crippen LogP contribution in [0.2, 0.25) is 19.6 Å². The predicted molar refractivity (Wildman–Crippen MR) is 101 cm³/mol. The number of hydrogen-bond donors (Lipinski definition) is 1. The Labute approximate surface area is 147 Å². The van der Waals surface area contributed by atoms with Crippen molar-refractivity contribution in [1.29, 1.82) is 0 Å². The van der Waals surface area contributed by atoms with E-state index in [0.717, 1.165) is 24.8 Å². The van der Waals surface area contributed by atoms with Crippen LogP contribution < -0.4 is 4.83 Å². The molecule has 2 aliphatic rings. The quantitative estimate of drug-likeness (QED) is 0.656. The van der Waals surface area contributed by atoms with E-state index >= 15 is 0 Å². The summed E-state index contributed by atoms with van der Waals surface area (Å²) in [5.41, 5.74) is 2.07. The zero-order valence-corrected chi connectivity index (χ0v) is 17.1. The van der Waals surface area contributed by atoms with Crippen LogP contribution in [0, 0.1) is 6.92 Å². The molecule has 2 atom stereocenters. The Morgan fingerprint density at radius 2 is 1.75 bits per heavy atom. The van der Waals surface area contributed by atoms with Crippen LogP contribution in [-0.4, -0.2) is 32.2 Å². The highest BCUT2D eigenvalue weighted by Gasteiger charge is 2.66. The van der Waals surface area contributed by atoms with Crippen LogP contribution >= 0.6 is 0 Å². The number of nitrogens with one attached hydrogen (secondary N) is 1. The van der Waals surface area contributed by atoms with E-state index in [2.05, 4.69) is 43.0 Å². The lowest BCUT2D eigenvalue weighted by molar-refractivity contribution is 0.123. The number of rotatable bonds is 4. The number of hydrogen-bond acceptors (Lipinski definition) is 3. The molecule has 1 N–H and O–H groups in total. The fourth-order valence-electron chi connectivity index (χ4n) is 4.56. The molecule has 0 saturated carbocycles. The standard InChI is InChI=1S/C18H28N2O2SSi/c1-14-7-9-16(10-8-14)23(21,22)19-20-17(3)11-12-18(20,15(2)13-17)24(4,5)6/h7-10,19H,2,11-13H2,1,3-6H3. The second kappa shape index (κ2) is 5.27. The first-order chi connectivity index (χ1) is 10.9. The zero-order chi connectivity index (χ0) is 18.0. The first-order valence-corrected chi connectivity index (χ1v) is 13.5. The van der Waals surface area contributed by atoms with E-state index in [1.165, 1.54) is 5.57 Å². The second-order valence-corrected chi connectivity index (χ2v) is 15.6. The van der Waals surface area contributed by atoms with Crippen LogP contribution in [0.5, 0.6) is 0 Å². The van der Waals surface area contributed by atoms with Crippen molar-refractivity contribution in [3.63, 3.8) is 0 Å².